The van der Waals surface area contributed by atoms with E-state index in [1.165, 1.54) is 0 Å². The van der Waals surface area contributed by atoms with E-state index in [0.717, 1.165) is 28.6 Å². The van der Waals surface area contributed by atoms with Crippen molar-refractivity contribution in [3.05, 3.63) is 77.0 Å². The SMILES string of the molecule is NC(CC(=O)N1Cc2cccnc2-c2cc[nH]c2C1)Cc1cc(F)c(F)cc1F. The Morgan fingerprint density at radius 1 is 1.17 bits per heavy atom. The second-order valence-corrected chi connectivity index (χ2v) is 7.16. The molecule has 5 nitrogen and oxygen atoms in total. The third-order valence-corrected chi connectivity index (χ3v) is 5.05. The zero-order chi connectivity index (χ0) is 20.5. The number of nitrogens with one attached hydrogen (secondary N) is 1. The molecular formula is C21H19F3N4O. The Hall–Kier alpha value is -3.13. The summed E-state index contributed by atoms with van der Waals surface area (Å²) in [5.74, 6) is -3.49. The Morgan fingerprint density at radius 2 is 1.97 bits per heavy atom. The van der Waals surface area contributed by atoms with Crippen LogP contribution in [-0.2, 0) is 24.3 Å². The normalized spacial score (nSPS) is 14.1. The van der Waals surface area contributed by atoms with Crippen molar-refractivity contribution in [1.29, 1.82) is 0 Å². The standard InChI is InChI=1S/C21H19F3N4O/c22-16-9-18(24)17(23)7-13(16)6-14(25)8-20(29)28-10-12-2-1-4-27-21(12)15-3-5-26-19(15)11-28/h1-5,7,9,14,26H,6,8,10-11,25H2. The Kier molecular flexibility index (Phi) is 5.10. The van der Waals surface area contributed by atoms with Crippen LogP contribution >= 0.6 is 0 Å². The number of aromatic amines is 1. The molecule has 1 aliphatic rings. The highest BCUT2D eigenvalue weighted by Gasteiger charge is 2.25. The lowest BCUT2D eigenvalue weighted by molar-refractivity contribution is -0.132. The Labute approximate surface area is 165 Å². The smallest absolute Gasteiger partial charge is 0.224 e. The number of aromatic nitrogens is 2. The van der Waals surface area contributed by atoms with Crippen molar-refractivity contribution < 1.29 is 18.0 Å². The van der Waals surface area contributed by atoms with Crippen LogP contribution in [0.3, 0.4) is 0 Å². The predicted molar refractivity (Wildman–Crippen MR) is 101 cm³/mol. The number of benzene rings is 1. The quantitative estimate of drug-likeness (QED) is 0.660. The van der Waals surface area contributed by atoms with E-state index in [2.05, 4.69) is 9.97 Å². The summed E-state index contributed by atoms with van der Waals surface area (Å²) in [7, 11) is 0. The molecule has 1 amide bonds. The van der Waals surface area contributed by atoms with Crippen LogP contribution in [0, 0.1) is 17.5 Å². The van der Waals surface area contributed by atoms with E-state index in [1.54, 1.807) is 17.3 Å². The molecule has 0 saturated carbocycles. The first-order valence-electron chi connectivity index (χ1n) is 9.19. The number of pyridine rings is 1. The molecule has 1 atom stereocenters. The molecule has 150 valence electrons. The van der Waals surface area contributed by atoms with E-state index >= 15 is 0 Å². The summed E-state index contributed by atoms with van der Waals surface area (Å²) in [5, 5.41) is 0. The van der Waals surface area contributed by atoms with Crippen LogP contribution in [-0.4, -0.2) is 26.8 Å². The summed E-state index contributed by atoms with van der Waals surface area (Å²) < 4.78 is 40.3. The molecule has 4 rings (SSSR count). The van der Waals surface area contributed by atoms with Gasteiger partial charge in [0, 0.05) is 48.7 Å². The summed E-state index contributed by atoms with van der Waals surface area (Å²) >= 11 is 0. The second-order valence-electron chi connectivity index (χ2n) is 7.16. The molecule has 0 bridgehead atoms. The Morgan fingerprint density at radius 3 is 2.79 bits per heavy atom. The molecule has 0 saturated heterocycles. The van der Waals surface area contributed by atoms with Gasteiger partial charge in [-0.3, -0.25) is 9.78 Å². The monoisotopic (exact) mass is 400 g/mol. The van der Waals surface area contributed by atoms with Crippen LogP contribution in [0.15, 0.2) is 42.7 Å². The van der Waals surface area contributed by atoms with E-state index in [9.17, 15) is 18.0 Å². The van der Waals surface area contributed by atoms with Crippen molar-refractivity contribution in [2.24, 2.45) is 5.73 Å². The summed E-state index contributed by atoms with van der Waals surface area (Å²) in [6.07, 6.45) is 3.38. The van der Waals surface area contributed by atoms with Crippen molar-refractivity contribution in [2.75, 3.05) is 0 Å². The first-order valence-corrected chi connectivity index (χ1v) is 9.19. The zero-order valence-electron chi connectivity index (χ0n) is 15.5. The number of carbonyl (C=O) groups excluding carboxylic acids is 1. The molecule has 3 aromatic rings. The Balaban J connectivity index is 1.50. The number of carbonyl (C=O) groups is 1. The summed E-state index contributed by atoms with van der Waals surface area (Å²) in [4.78, 5) is 22.1. The first-order chi connectivity index (χ1) is 13.9. The van der Waals surface area contributed by atoms with Crippen LogP contribution < -0.4 is 5.73 Å². The number of halogens is 3. The van der Waals surface area contributed by atoms with Crippen molar-refractivity contribution in [3.8, 4) is 11.3 Å². The fraction of sp³-hybridized carbons (Fsp3) is 0.238. The molecule has 3 heterocycles. The van der Waals surface area contributed by atoms with Crippen LogP contribution in [0.5, 0.6) is 0 Å². The molecule has 1 aliphatic heterocycles. The number of nitrogens with two attached hydrogens (primary N) is 1. The minimum atomic E-state index is -1.26. The van der Waals surface area contributed by atoms with Crippen LogP contribution in [0.4, 0.5) is 13.2 Å². The number of H-pyrrole nitrogens is 1. The largest absolute Gasteiger partial charge is 0.363 e. The molecule has 1 aromatic carbocycles. The maximum atomic E-state index is 13.9. The van der Waals surface area contributed by atoms with E-state index in [-0.39, 0.29) is 24.3 Å². The predicted octanol–water partition coefficient (Wildman–Crippen LogP) is 3.30. The molecule has 0 fully saturated rings. The minimum Gasteiger partial charge on any atom is -0.363 e. The summed E-state index contributed by atoms with van der Waals surface area (Å²) in [5.41, 5.74) is 9.54. The molecule has 29 heavy (non-hydrogen) atoms. The van der Waals surface area contributed by atoms with Crippen LogP contribution in [0.2, 0.25) is 0 Å². The van der Waals surface area contributed by atoms with Gasteiger partial charge in [-0.15, -0.1) is 0 Å². The molecule has 2 aromatic heterocycles. The summed E-state index contributed by atoms with van der Waals surface area (Å²) in [6.45, 7) is 0.737. The van der Waals surface area contributed by atoms with Gasteiger partial charge in [-0.1, -0.05) is 6.07 Å². The minimum absolute atomic E-state index is 0.0515. The van der Waals surface area contributed by atoms with E-state index in [0.29, 0.717) is 19.2 Å². The molecule has 3 N–H and O–H groups in total. The van der Waals surface area contributed by atoms with Crippen molar-refractivity contribution >= 4 is 5.91 Å². The van der Waals surface area contributed by atoms with E-state index < -0.39 is 23.5 Å². The number of hydrogen-bond acceptors (Lipinski definition) is 3. The van der Waals surface area contributed by atoms with Gasteiger partial charge in [0.2, 0.25) is 5.91 Å². The number of hydrogen-bond donors (Lipinski definition) is 2. The van der Waals surface area contributed by atoms with Gasteiger partial charge in [0.15, 0.2) is 11.6 Å². The zero-order valence-corrected chi connectivity index (χ0v) is 15.5. The summed E-state index contributed by atoms with van der Waals surface area (Å²) in [6, 6.07) is 6.20. The van der Waals surface area contributed by atoms with Gasteiger partial charge in [0.25, 0.3) is 0 Å². The number of rotatable bonds is 4. The van der Waals surface area contributed by atoms with Gasteiger partial charge >= 0.3 is 0 Å². The highest BCUT2D eigenvalue weighted by atomic mass is 19.2. The van der Waals surface area contributed by atoms with Gasteiger partial charge in [-0.2, -0.15) is 0 Å². The fourth-order valence-corrected chi connectivity index (χ4v) is 3.62. The number of amides is 1. The van der Waals surface area contributed by atoms with Crippen molar-refractivity contribution in [3.63, 3.8) is 0 Å². The number of nitrogens with zero attached hydrogens (tertiary/aromatic N) is 2. The maximum absolute atomic E-state index is 13.9. The topological polar surface area (TPSA) is 75.0 Å². The van der Waals surface area contributed by atoms with Gasteiger partial charge in [-0.05, 0) is 35.7 Å². The molecular weight excluding hydrogens is 381 g/mol. The first kappa shape index (κ1) is 19.2. The lowest BCUT2D eigenvalue weighted by Crippen LogP contribution is -2.36. The Bertz CT molecular complexity index is 1070. The second kappa shape index (κ2) is 7.71. The van der Waals surface area contributed by atoms with Gasteiger partial charge in [-0.25, -0.2) is 13.2 Å². The molecule has 0 radical (unpaired) electrons. The van der Waals surface area contributed by atoms with Gasteiger partial charge in [0.05, 0.1) is 12.2 Å². The fourth-order valence-electron chi connectivity index (χ4n) is 3.62. The number of fused-ring (bicyclic) bond motifs is 3. The molecule has 0 aliphatic carbocycles. The van der Waals surface area contributed by atoms with Crippen molar-refractivity contribution in [1.82, 2.24) is 14.9 Å². The molecule has 8 heteroatoms. The molecule has 0 spiro atoms. The lowest BCUT2D eigenvalue weighted by atomic mass is 10.0. The van der Waals surface area contributed by atoms with Crippen molar-refractivity contribution in [2.45, 2.75) is 32.0 Å². The van der Waals surface area contributed by atoms with Crippen LogP contribution in [0.1, 0.15) is 23.2 Å². The third-order valence-electron chi connectivity index (χ3n) is 5.05. The van der Waals surface area contributed by atoms with Crippen LogP contribution in [0.25, 0.3) is 11.3 Å². The molecule has 1 unspecified atom stereocenters. The average molecular weight is 400 g/mol. The maximum Gasteiger partial charge on any atom is 0.224 e. The third kappa shape index (κ3) is 3.88. The van der Waals surface area contributed by atoms with E-state index in [4.69, 9.17) is 5.73 Å². The lowest BCUT2D eigenvalue weighted by Gasteiger charge is -2.23. The van der Waals surface area contributed by atoms with Gasteiger partial charge in [0.1, 0.15) is 5.82 Å². The van der Waals surface area contributed by atoms with E-state index in [1.807, 2.05) is 18.2 Å². The van der Waals surface area contributed by atoms with Gasteiger partial charge < -0.3 is 15.6 Å². The highest BCUT2D eigenvalue weighted by molar-refractivity contribution is 5.78. The highest BCUT2D eigenvalue weighted by Crippen LogP contribution is 2.30. The average Bonchev–Trinajstić information content (AvgIpc) is 3.07.